The molecule has 5 heteroatoms. The van der Waals surface area contributed by atoms with Gasteiger partial charge in [0.05, 0.1) is 6.20 Å². The number of rotatable bonds is 0. The predicted octanol–water partition coefficient (Wildman–Crippen LogP) is 9.45. The summed E-state index contributed by atoms with van der Waals surface area (Å²) in [5.74, 6) is 3.33. The molecular formula is C25H57N3O2. The second-order valence-electron chi connectivity index (χ2n) is 8.20. The normalized spacial score (nSPS) is 7.87. The van der Waals surface area contributed by atoms with Crippen LogP contribution in [-0.2, 0) is 0 Å². The average molecular weight is 432 g/mol. The second-order valence-corrected chi connectivity index (χ2v) is 8.20. The molecule has 0 aliphatic heterocycles. The third kappa shape index (κ3) is 243. The Bertz CT molecular complexity index is 275. The Morgan fingerprint density at radius 2 is 0.867 bits per heavy atom. The van der Waals surface area contributed by atoms with Crippen molar-refractivity contribution >= 4 is 0 Å². The van der Waals surface area contributed by atoms with Crippen LogP contribution in [0.3, 0.4) is 0 Å². The molecule has 0 saturated carbocycles. The zero-order valence-electron chi connectivity index (χ0n) is 23.4. The molecular weight excluding hydrogens is 374 g/mol. The van der Waals surface area contributed by atoms with E-state index >= 15 is 0 Å². The standard InChI is InChI=1S/4C4H10.C3H3NO.C2H2N2O.2C2H6/c4*1-4(2)3;1-2-4-5-3-1;1-3-2-5-4-1;2*1-2/h4*4H,1-3H3;1-3H;1-2H;2*1-2H3. The van der Waals surface area contributed by atoms with Crippen LogP contribution in [0, 0.1) is 23.7 Å². The van der Waals surface area contributed by atoms with E-state index in [0.717, 1.165) is 23.7 Å². The van der Waals surface area contributed by atoms with Gasteiger partial charge in [0, 0.05) is 0 Å². The molecule has 0 fully saturated rings. The first-order valence-electron chi connectivity index (χ1n) is 11.5. The van der Waals surface area contributed by atoms with Crippen LogP contribution in [0.2, 0.25) is 0 Å². The van der Waals surface area contributed by atoms with Crippen molar-refractivity contribution in [2.75, 3.05) is 0 Å². The molecule has 30 heavy (non-hydrogen) atoms. The molecule has 0 atom stereocenters. The Labute approximate surface area is 190 Å². The van der Waals surface area contributed by atoms with E-state index in [1.807, 2.05) is 27.7 Å². The van der Waals surface area contributed by atoms with E-state index in [1.165, 1.54) is 19.0 Å². The van der Waals surface area contributed by atoms with Crippen LogP contribution in [0.15, 0.2) is 40.3 Å². The quantitative estimate of drug-likeness (QED) is 0.415. The van der Waals surface area contributed by atoms with E-state index in [2.05, 4.69) is 107 Å². The lowest BCUT2D eigenvalue weighted by molar-refractivity contribution is 0.416. The zero-order chi connectivity index (χ0) is 25.4. The number of hydrogen-bond donors (Lipinski definition) is 0. The lowest BCUT2D eigenvalue weighted by atomic mass is 10.3. The van der Waals surface area contributed by atoms with Crippen LogP contribution < -0.4 is 0 Å². The molecule has 0 amide bonds. The van der Waals surface area contributed by atoms with Gasteiger partial charge in [0.2, 0.25) is 6.39 Å². The molecule has 0 radical (unpaired) electrons. The largest absolute Gasteiger partial charge is 0.365 e. The van der Waals surface area contributed by atoms with Crippen molar-refractivity contribution in [2.45, 2.75) is 111 Å². The summed E-state index contributed by atoms with van der Waals surface area (Å²) in [6.07, 6.45) is 5.69. The summed E-state index contributed by atoms with van der Waals surface area (Å²) in [6.45, 7) is 34.0. The molecule has 0 bridgehead atoms. The van der Waals surface area contributed by atoms with Gasteiger partial charge in [0.15, 0.2) is 6.33 Å². The van der Waals surface area contributed by atoms with Crippen molar-refractivity contribution in [3.8, 4) is 0 Å². The summed E-state index contributed by atoms with van der Waals surface area (Å²) in [5.41, 5.74) is 0. The molecule has 0 aliphatic rings. The Hall–Kier alpha value is -1.65. The minimum Gasteiger partial charge on any atom is -0.365 e. The molecule has 2 aromatic rings. The van der Waals surface area contributed by atoms with Crippen LogP contribution in [-0.4, -0.2) is 15.3 Å². The maximum atomic E-state index is 4.33. The van der Waals surface area contributed by atoms with Gasteiger partial charge in [-0.05, 0) is 29.7 Å². The fourth-order valence-electron chi connectivity index (χ4n) is 0.312. The van der Waals surface area contributed by atoms with E-state index in [1.54, 1.807) is 12.3 Å². The third-order valence-corrected chi connectivity index (χ3v) is 0.630. The Kier molecular flexibility index (Phi) is 64.9. The third-order valence-electron chi connectivity index (χ3n) is 0.630. The Morgan fingerprint density at radius 3 is 0.933 bits per heavy atom. The minimum absolute atomic E-state index is 0.833. The van der Waals surface area contributed by atoms with Gasteiger partial charge in [0.25, 0.3) is 0 Å². The maximum absolute atomic E-state index is 4.33. The van der Waals surface area contributed by atoms with Gasteiger partial charge in [-0.3, -0.25) is 0 Å². The van der Waals surface area contributed by atoms with Crippen molar-refractivity contribution in [1.82, 2.24) is 15.3 Å². The van der Waals surface area contributed by atoms with Crippen LogP contribution in [0.25, 0.3) is 0 Å². The van der Waals surface area contributed by atoms with E-state index in [4.69, 9.17) is 0 Å². The van der Waals surface area contributed by atoms with E-state index in [-0.39, 0.29) is 0 Å². The summed E-state index contributed by atoms with van der Waals surface area (Å²) in [7, 11) is 0. The molecule has 2 heterocycles. The van der Waals surface area contributed by atoms with Crippen molar-refractivity contribution in [3.63, 3.8) is 0 Å². The van der Waals surface area contributed by atoms with Gasteiger partial charge in [0.1, 0.15) is 6.26 Å². The van der Waals surface area contributed by atoms with Crippen LogP contribution >= 0.6 is 0 Å². The zero-order valence-corrected chi connectivity index (χ0v) is 23.4. The van der Waals surface area contributed by atoms with Crippen molar-refractivity contribution in [2.24, 2.45) is 23.7 Å². The highest BCUT2D eigenvalue weighted by Gasteiger charge is 1.69. The lowest BCUT2D eigenvalue weighted by Crippen LogP contribution is -1.66. The van der Waals surface area contributed by atoms with Gasteiger partial charge in [-0.25, -0.2) is 4.98 Å². The lowest BCUT2D eigenvalue weighted by Gasteiger charge is -1.79. The van der Waals surface area contributed by atoms with E-state index in [0.29, 0.717) is 0 Å². The average Bonchev–Trinajstić information content (AvgIpc) is 3.35. The summed E-state index contributed by atoms with van der Waals surface area (Å²) in [4.78, 5) is 3.44. The van der Waals surface area contributed by atoms with Crippen LogP contribution in [0.4, 0.5) is 0 Å². The monoisotopic (exact) mass is 431 g/mol. The first-order valence-corrected chi connectivity index (χ1v) is 11.5. The fourth-order valence-corrected chi connectivity index (χ4v) is 0.312. The first-order chi connectivity index (χ1) is 13.9. The number of hydrogen-bond acceptors (Lipinski definition) is 5. The smallest absolute Gasteiger partial charge is 0.213 e. The second kappa shape index (κ2) is 45.9. The van der Waals surface area contributed by atoms with Crippen LogP contribution in [0.5, 0.6) is 0 Å². The Morgan fingerprint density at radius 1 is 0.533 bits per heavy atom. The SMILES string of the molecule is CC.CC.CC(C)C.CC(C)C.CC(C)C.CC(C)C.c1cnoc1.c1ncon1. The number of nitrogens with zero attached hydrogens (tertiary/aromatic N) is 3. The highest BCUT2D eigenvalue weighted by molar-refractivity contribution is 4.67. The molecule has 184 valence electrons. The predicted molar refractivity (Wildman–Crippen MR) is 136 cm³/mol. The molecule has 0 saturated heterocycles. The highest BCUT2D eigenvalue weighted by atomic mass is 16.5. The molecule has 0 aromatic carbocycles. The first kappa shape index (κ1) is 42.5. The molecule has 0 N–H and O–H groups in total. The molecule has 0 spiro atoms. The molecule has 2 rings (SSSR count). The van der Waals surface area contributed by atoms with E-state index in [9.17, 15) is 0 Å². The summed E-state index contributed by atoms with van der Waals surface area (Å²) >= 11 is 0. The van der Waals surface area contributed by atoms with Gasteiger partial charge in [-0.1, -0.05) is 121 Å². The topological polar surface area (TPSA) is 65.0 Å². The minimum atomic E-state index is 0.833. The van der Waals surface area contributed by atoms with Gasteiger partial charge < -0.3 is 9.05 Å². The molecule has 2 aromatic heterocycles. The van der Waals surface area contributed by atoms with Crippen LogP contribution in [0.1, 0.15) is 111 Å². The molecule has 0 unspecified atom stereocenters. The summed E-state index contributed by atoms with van der Waals surface area (Å²) in [6, 6.07) is 1.72. The van der Waals surface area contributed by atoms with E-state index < -0.39 is 0 Å². The van der Waals surface area contributed by atoms with Crippen molar-refractivity contribution in [1.29, 1.82) is 0 Å². The summed E-state index contributed by atoms with van der Waals surface area (Å²) in [5, 5.41) is 6.58. The molecule has 0 aliphatic carbocycles. The van der Waals surface area contributed by atoms with Gasteiger partial charge in [-0.2, -0.15) is 0 Å². The highest BCUT2D eigenvalue weighted by Crippen LogP contribution is 1.82. The Balaban J connectivity index is -0.0000000560. The van der Waals surface area contributed by atoms with Crippen molar-refractivity contribution < 1.29 is 9.05 Å². The molecule has 5 nitrogen and oxygen atoms in total. The van der Waals surface area contributed by atoms with Gasteiger partial charge >= 0.3 is 0 Å². The van der Waals surface area contributed by atoms with Gasteiger partial charge in [-0.15, -0.1) is 0 Å². The van der Waals surface area contributed by atoms with Crippen molar-refractivity contribution in [3.05, 3.63) is 31.2 Å². The maximum Gasteiger partial charge on any atom is 0.213 e. The summed E-state index contributed by atoms with van der Waals surface area (Å²) < 4.78 is 8.56. The number of aromatic nitrogens is 3. The fraction of sp³-hybridized carbons (Fsp3) is 0.800.